The summed E-state index contributed by atoms with van der Waals surface area (Å²) < 4.78 is 47.6. The molecule has 3 rings (SSSR count). The van der Waals surface area contributed by atoms with Gasteiger partial charge in [0.05, 0.1) is 22.9 Å². The highest BCUT2D eigenvalue weighted by atomic mass is 35.5. The van der Waals surface area contributed by atoms with Crippen molar-refractivity contribution in [3.8, 4) is 5.75 Å². The van der Waals surface area contributed by atoms with E-state index in [9.17, 15) is 17.6 Å². The number of halogens is 2. The van der Waals surface area contributed by atoms with Gasteiger partial charge in [-0.15, -0.1) is 0 Å². The van der Waals surface area contributed by atoms with Crippen molar-refractivity contribution in [2.24, 2.45) is 0 Å². The van der Waals surface area contributed by atoms with E-state index in [0.717, 1.165) is 6.07 Å². The van der Waals surface area contributed by atoms with E-state index in [0.29, 0.717) is 17.4 Å². The first-order chi connectivity index (χ1) is 14.3. The minimum Gasteiger partial charge on any atom is -0.492 e. The van der Waals surface area contributed by atoms with Crippen molar-refractivity contribution in [3.63, 3.8) is 0 Å². The average molecular weight is 449 g/mol. The lowest BCUT2D eigenvalue weighted by atomic mass is 10.2. The molecule has 156 valence electrons. The standard InChI is InChI=1S/C21H18ClFN2O4S/c1-2-29-20-6-4-3-5-19(20)25-30(27,28)16-11-12-18(17(23)13-16)24-21(26)14-7-9-15(22)10-8-14/h3-13,25H,2H2,1H3,(H,24,26). The minimum absolute atomic E-state index is 0.149. The van der Waals surface area contributed by atoms with Gasteiger partial charge in [-0.2, -0.15) is 0 Å². The van der Waals surface area contributed by atoms with Crippen molar-refractivity contribution in [2.75, 3.05) is 16.6 Å². The summed E-state index contributed by atoms with van der Waals surface area (Å²) in [6.45, 7) is 2.13. The molecule has 0 atom stereocenters. The summed E-state index contributed by atoms with van der Waals surface area (Å²) in [6.07, 6.45) is 0. The zero-order valence-electron chi connectivity index (χ0n) is 15.9. The van der Waals surface area contributed by atoms with E-state index in [1.54, 1.807) is 31.2 Å². The molecule has 0 saturated carbocycles. The first-order valence-electron chi connectivity index (χ1n) is 8.91. The maximum absolute atomic E-state index is 14.5. The third-order valence-electron chi connectivity index (χ3n) is 4.04. The molecule has 0 unspecified atom stereocenters. The van der Waals surface area contributed by atoms with Crippen LogP contribution in [0.5, 0.6) is 5.75 Å². The maximum atomic E-state index is 14.5. The Labute approximate surface area is 178 Å². The Kier molecular flexibility index (Phi) is 6.59. The van der Waals surface area contributed by atoms with Crippen LogP contribution < -0.4 is 14.8 Å². The Morgan fingerprint density at radius 3 is 2.40 bits per heavy atom. The number of carbonyl (C=O) groups is 1. The molecule has 2 N–H and O–H groups in total. The largest absolute Gasteiger partial charge is 0.492 e. The summed E-state index contributed by atoms with van der Waals surface area (Å²) in [5.74, 6) is -1.08. The molecular weight excluding hydrogens is 431 g/mol. The molecule has 0 bridgehead atoms. The van der Waals surface area contributed by atoms with E-state index >= 15 is 0 Å². The Morgan fingerprint density at radius 1 is 1.03 bits per heavy atom. The number of ether oxygens (including phenoxy) is 1. The van der Waals surface area contributed by atoms with Gasteiger partial charge in [0, 0.05) is 10.6 Å². The lowest BCUT2D eigenvalue weighted by Gasteiger charge is -2.13. The van der Waals surface area contributed by atoms with Crippen LogP contribution in [0.2, 0.25) is 5.02 Å². The van der Waals surface area contributed by atoms with Gasteiger partial charge in [0.1, 0.15) is 11.6 Å². The Hall–Kier alpha value is -3.10. The first kappa shape index (κ1) is 21.6. The number of hydrogen-bond acceptors (Lipinski definition) is 4. The fourth-order valence-electron chi connectivity index (χ4n) is 2.60. The van der Waals surface area contributed by atoms with Gasteiger partial charge in [0.25, 0.3) is 15.9 Å². The van der Waals surface area contributed by atoms with E-state index in [-0.39, 0.29) is 21.8 Å². The highest BCUT2D eigenvalue weighted by Gasteiger charge is 2.19. The van der Waals surface area contributed by atoms with E-state index in [1.165, 1.54) is 36.4 Å². The summed E-state index contributed by atoms with van der Waals surface area (Å²) in [5, 5.41) is 2.87. The quantitative estimate of drug-likeness (QED) is 0.536. The van der Waals surface area contributed by atoms with Crippen LogP contribution >= 0.6 is 11.6 Å². The van der Waals surface area contributed by atoms with Gasteiger partial charge in [0.2, 0.25) is 0 Å². The molecule has 3 aromatic rings. The monoisotopic (exact) mass is 448 g/mol. The number of hydrogen-bond donors (Lipinski definition) is 2. The summed E-state index contributed by atoms with van der Waals surface area (Å²) >= 11 is 5.78. The number of anilines is 2. The number of carbonyl (C=O) groups excluding carboxylic acids is 1. The molecule has 0 spiro atoms. The van der Waals surface area contributed by atoms with Crippen molar-refractivity contribution in [1.29, 1.82) is 0 Å². The van der Waals surface area contributed by atoms with Gasteiger partial charge < -0.3 is 10.1 Å². The van der Waals surface area contributed by atoms with Gasteiger partial charge >= 0.3 is 0 Å². The van der Waals surface area contributed by atoms with E-state index in [1.807, 2.05) is 0 Å². The predicted octanol–water partition coefficient (Wildman–Crippen LogP) is 4.93. The number of benzene rings is 3. The van der Waals surface area contributed by atoms with Crippen LogP contribution in [-0.2, 0) is 10.0 Å². The minimum atomic E-state index is -4.08. The summed E-state index contributed by atoms with van der Waals surface area (Å²) in [4.78, 5) is 11.9. The smallest absolute Gasteiger partial charge is 0.262 e. The van der Waals surface area contributed by atoms with Crippen LogP contribution in [-0.4, -0.2) is 20.9 Å². The van der Waals surface area contributed by atoms with Gasteiger partial charge in [-0.1, -0.05) is 23.7 Å². The third-order valence-corrected chi connectivity index (χ3v) is 5.65. The van der Waals surface area contributed by atoms with Crippen LogP contribution in [0.3, 0.4) is 0 Å². The van der Waals surface area contributed by atoms with Crippen LogP contribution in [0.1, 0.15) is 17.3 Å². The van der Waals surface area contributed by atoms with Crippen LogP contribution in [0.15, 0.2) is 71.6 Å². The number of amides is 1. The van der Waals surface area contributed by atoms with E-state index < -0.39 is 21.7 Å². The second kappa shape index (κ2) is 9.15. The number of sulfonamides is 1. The van der Waals surface area contributed by atoms with E-state index in [4.69, 9.17) is 16.3 Å². The molecule has 0 aliphatic carbocycles. The fraction of sp³-hybridized carbons (Fsp3) is 0.0952. The first-order valence-corrected chi connectivity index (χ1v) is 10.8. The van der Waals surface area contributed by atoms with Gasteiger partial charge in [-0.25, -0.2) is 12.8 Å². The molecule has 30 heavy (non-hydrogen) atoms. The van der Waals surface area contributed by atoms with Crippen molar-refractivity contribution in [3.05, 3.63) is 83.1 Å². The molecule has 9 heteroatoms. The Morgan fingerprint density at radius 2 is 1.73 bits per heavy atom. The molecule has 3 aromatic carbocycles. The normalized spacial score (nSPS) is 11.0. The third kappa shape index (κ3) is 5.08. The van der Waals surface area contributed by atoms with Crippen LogP contribution in [0, 0.1) is 5.82 Å². The van der Waals surface area contributed by atoms with Gasteiger partial charge in [0.15, 0.2) is 0 Å². The second-order valence-electron chi connectivity index (χ2n) is 6.14. The van der Waals surface area contributed by atoms with Crippen molar-refractivity contribution < 1.29 is 22.3 Å². The highest BCUT2D eigenvalue weighted by Crippen LogP contribution is 2.28. The van der Waals surface area contributed by atoms with Crippen molar-refractivity contribution in [2.45, 2.75) is 11.8 Å². The van der Waals surface area contributed by atoms with Gasteiger partial charge in [-0.05, 0) is 61.5 Å². The summed E-state index contributed by atoms with van der Waals surface area (Å²) in [5.41, 5.74) is 0.369. The molecule has 6 nitrogen and oxygen atoms in total. The number of nitrogens with one attached hydrogen (secondary N) is 2. The SMILES string of the molecule is CCOc1ccccc1NS(=O)(=O)c1ccc(NC(=O)c2ccc(Cl)cc2)c(F)c1. The summed E-state index contributed by atoms with van der Waals surface area (Å²) in [6, 6.07) is 15.8. The Bertz CT molecular complexity index is 1170. The predicted molar refractivity (Wildman–Crippen MR) is 114 cm³/mol. The molecule has 0 aliphatic heterocycles. The summed E-state index contributed by atoms with van der Waals surface area (Å²) in [7, 11) is -4.08. The number of rotatable bonds is 7. The lowest BCUT2D eigenvalue weighted by molar-refractivity contribution is 0.102. The lowest BCUT2D eigenvalue weighted by Crippen LogP contribution is -2.16. The average Bonchev–Trinajstić information content (AvgIpc) is 2.71. The molecule has 0 fully saturated rings. The molecule has 0 saturated heterocycles. The second-order valence-corrected chi connectivity index (χ2v) is 8.26. The highest BCUT2D eigenvalue weighted by molar-refractivity contribution is 7.92. The van der Waals surface area contributed by atoms with E-state index in [2.05, 4.69) is 10.0 Å². The zero-order valence-corrected chi connectivity index (χ0v) is 17.4. The zero-order chi connectivity index (χ0) is 21.7. The molecular formula is C21H18ClFN2O4S. The molecule has 0 heterocycles. The number of para-hydroxylation sites is 2. The molecule has 0 aliphatic rings. The molecule has 0 aromatic heterocycles. The van der Waals surface area contributed by atoms with Crippen LogP contribution in [0.25, 0.3) is 0 Å². The molecule has 0 radical (unpaired) electrons. The van der Waals surface area contributed by atoms with Crippen molar-refractivity contribution in [1.82, 2.24) is 0 Å². The topological polar surface area (TPSA) is 84.5 Å². The fourth-order valence-corrected chi connectivity index (χ4v) is 3.80. The van der Waals surface area contributed by atoms with Crippen molar-refractivity contribution >= 4 is 38.9 Å². The molecule has 1 amide bonds. The Balaban J connectivity index is 1.80. The maximum Gasteiger partial charge on any atom is 0.262 e. The van der Waals surface area contributed by atoms with Crippen LogP contribution in [0.4, 0.5) is 15.8 Å². The van der Waals surface area contributed by atoms with Gasteiger partial charge in [-0.3, -0.25) is 9.52 Å².